The summed E-state index contributed by atoms with van der Waals surface area (Å²) in [5.41, 5.74) is 7.49. The fourth-order valence-electron chi connectivity index (χ4n) is 1.91. The zero-order chi connectivity index (χ0) is 15.0. The Morgan fingerprint density at radius 2 is 2.19 bits per heavy atom. The Morgan fingerprint density at radius 3 is 2.90 bits per heavy atom. The third-order valence-corrected chi connectivity index (χ3v) is 3.69. The van der Waals surface area contributed by atoms with Crippen LogP contribution in [0.2, 0.25) is 0 Å². The van der Waals surface area contributed by atoms with E-state index in [1.165, 1.54) is 6.33 Å². The van der Waals surface area contributed by atoms with Crippen molar-refractivity contribution in [2.45, 2.75) is 0 Å². The zero-order valence-electron chi connectivity index (χ0n) is 10.9. The predicted octanol–water partition coefficient (Wildman–Crippen LogP) is 2.21. The molecule has 0 aliphatic carbocycles. The SMILES string of the molecule is Cn1ncc2c(Oc3c(N)cc(C#N)cc3I)ncnc21. The molecule has 3 rings (SSSR count). The molecular weight excluding hydrogens is 383 g/mol. The number of hydrogen-bond acceptors (Lipinski definition) is 6. The monoisotopic (exact) mass is 392 g/mol. The van der Waals surface area contributed by atoms with Crippen molar-refractivity contribution in [3.05, 3.63) is 33.8 Å². The quantitative estimate of drug-likeness (QED) is 0.530. The Balaban J connectivity index is 2.09. The largest absolute Gasteiger partial charge is 0.435 e. The predicted molar refractivity (Wildman–Crippen MR) is 84.7 cm³/mol. The van der Waals surface area contributed by atoms with Crippen molar-refractivity contribution >= 4 is 39.3 Å². The second-order valence-electron chi connectivity index (χ2n) is 4.27. The van der Waals surface area contributed by atoms with E-state index in [9.17, 15) is 0 Å². The standard InChI is InChI=1S/C13H9IN6O/c1-20-12-8(5-19-20)13(18-6-17-12)21-11-9(14)2-7(4-15)3-10(11)16/h2-3,5-6H,16H2,1H3. The number of aromatic nitrogens is 4. The van der Waals surface area contributed by atoms with E-state index in [0.29, 0.717) is 33.9 Å². The number of nitrogen functional groups attached to an aromatic ring is 1. The smallest absolute Gasteiger partial charge is 0.233 e. The van der Waals surface area contributed by atoms with Crippen LogP contribution in [0.3, 0.4) is 0 Å². The lowest BCUT2D eigenvalue weighted by molar-refractivity contribution is 0.467. The third kappa shape index (κ3) is 2.36. The number of aryl methyl sites for hydroxylation is 1. The molecule has 0 spiro atoms. The van der Waals surface area contributed by atoms with Crippen LogP contribution in [0, 0.1) is 14.9 Å². The molecule has 0 fully saturated rings. The van der Waals surface area contributed by atoms with Gasteiger partial charge in [-0.2, -0.15) is 10.4 Å². The molecular formula is C13H9IN6O. The van der Waals surface area contributed by atoms with Gasteiger partial charge in [0.05, 0.1) is 27.1 Å². The van der Waals surface area contributed by atoms with Gasteiger partial charge < -0.3 is 10.5 Å². The van der Waals surface area contributed by atoms with E-state index >= 15 is 0 Å². The van der Waals surface area contributed by atoms with Crippen LogP contribution in [0.5, 0.6) is 11.6 Å². The van der Waals surface area contributed by atoms with Crippen LogP contribution >= 0.6 is 22.6 Å². The van der Waals surface area contributed by atoms with Crippen LogP contribution in [-0.2, 0) is 7.05 Å². The lowest BCUT2D eigenvalue weighted by atomic mass is 10.2. The van der Waals surface area contributed by atoms with E-state index in [4.69, 9.17) is 15.7 Å². The number of nitriles is 1. The maximum absolute atomic E-state index is 8.93. The van der Waals surface area contributed by atoms with Gasteiger partial charge in [0.1, 0.15) is 11.7 Å². The van der Waals surface area contributed by atoms with Crippen molar-refractivity contribution in [3.8, 4) is 17.7 Å². The number of rotatable bonds is 2. The average molecular weight is 392 g/mol. The van der Waals surface area contributed by atoms with Crippen LogP contribution in [0.1, 0.15) is 5.56 Å². The van der Waals surface area contributed by atoms with E-state index in [1.807, 2.05) is 0 Å². The first kappa shape index (κ1) is 13.6. The Bertz CT molecular complexity index is 859. The summed E-state index contributed by atoms with van der Waals surface area (Å²) < 4.78 is 8.19. The first-order valence-electron chi connectivity index (χ1n) is 5.90. The molecule has 1 aromatic carbocycles. The van der Waals surface area contributed by atoms with E-state index in [2.05, 4.69) is 43.7 Å². The lowest BCUT2D eigenvalue weighted by Crippen LogP contribution is -1.98. The van der Waals surface area contributed by atoms with Crippen molar-refractivity contribution in [3.63, 3.8) is 0 Å². The maximum Gasteiger partial charge on any atom is 0.233 e. The highest BCUT2D eigenvalue weighted by Crippen LogP contribution is 2.34. The van der Waals surface area contributed by atoms with Crippen molar-refractivity contribution in [1.29, 1.82) is 5.26 Å². The number of benzene rings is 1. The fourth-order valence-corrected chi connectivity index (χ4v) is 2.66. The highest BCUT2D eigenvalue weighted by molar-refractivity contribution is 14.1. The molecule has 0 amide bonds. The van der Waals surface area contributed by atoms with Gasteiger partial charge in [-0.25, -0.2) is 9.97 Å². The number of hydrogen-bond donors (Lipinski definition) is 1. The third-order valence-electron chi connectivity index (χ3n) is 2.89. The van der Waals surface area contributed by atoms with Gasteiger partial charge in [0.15, 0.2) is 11.4 Å². The summed E-state index contributed by atoms with van der Waals surface area (Å²) in [7, 11) is 1.79. The number of halogens is 1. The normalized spacial score (nSPS) is 10.5. The molecule has 3 aromatic rings. The second kappa shape index (κ2) is 5.17. The zero-order valence-corrected chi connectivity index (χ0v) is 13.1. The van der Waals surface area contributed by atoms with Gasteiger partial charge in [-0.15, -0.1) is 0 Å². The molecule has 8 heteroatoms. The maximum atomic E-state index is 8.93. The topological polar surface area (TPSA) is 103 Å². The molecule has 0 bridgehead atoms. The minimum absolute atomic E-state index is 0.377. The molecule has 0 saturated carbocycles. The summed E-state index contributed by atoms with van der Waals surface area (Å²) in [5.74, 6) is 0.848. The Hall–Kier alpha value is -2.41. The molecule has 0 aliphatic heterocycles. The van der Waals surface area contributed by atoms with E-state index in [1.54, 1.807) is 30.1 Å². The molecule has 21 heavy (non-hydrogen) atoms. The van der Waals surface area contributed by atoms with Crippen LogP contribution in [0.15, 0.2) is 24.7 Å². The van der Waals surface area contributed by atoms with Crippen LogP contribution in [-0.4, -0.2) is 19.7 Å². The summed E-state index contributed by atoms with van der Waals surface area (Å²) in [4.78, 5) is 8.28. The highest BCUT2D eigenvalue weighted by Gasteiger charge is 2.14. The molecule has 2 heterocycles. The summed E-state index contributed by atoms with van der Waals surface area (Å²) in [6, 6.07) is 5.32. The molecule has 2 N–H and O–H groups in total. The minimum atomic E-state index is 0.377. The van der Waals surface area contributed by atoms with Crippen molar-refractivity contribution < 1.29 is 4.74 Å². The minimum Gasteiger partial charge on any atom is -0.435 e. The van der Waals surface area contributed by atoms with Crippen LogP contribution < -0.4 is 10.5 Å². The number of nitrogens with zero attached hydrogens (tertiary/aromatic N) is 5. The van der Waals surface area contributed by atoms with Crippen molar-refractivity contribution in [2.75, 3.05) is 5.73 Å². The summed E-state index contributed by atoms with van der Waals surface area (Å²) in [5, 5.41) is 13.8. The number of nitrogens with two attached hydrogens (primary N) is 1. The molecule has 0 radical (unpaired) electrons. The molecule has 0 aliphatic rings. The van der Waals surface area contributed by atoms with Gasteiger partial charge in [0.25, 0.3) is 0 Å². The Morgan fingerprint density at radius 1 is 1.38 bits per heavy atom. The molecule has 7 nitrogen and oxygen atoms in total. The van der Waals surface area contributed by atoms with Gasteiger partial charge in [-0.05, 0) is 34.7 Å². The summed E-state index contributed by atoms with van der Waals surface area (Å²) >= 11 is 2.07. The summed E-state index contributed by atoms with van der Waals surface area (Å²) in [6.07, 6.45) is 3.05. The fraction of sp³-hybridized carbons (Fsp3) is 0.0769. The van der Waals surface area contributed by atoms with Gasteiger partial charge in [-0.1, -0.05) is 0 Å². The summed E-state index contributed by atoms with van der Waals surface area (Å²) in [6.45, 7) is 0. The number of anilines is 1. The van der Waals surface area contributed by atoms with Gasteiger partial charge in [0, 0.05) is 7.05 Å². The number of ether oxygens (including phenoxy) is 1. The first-order valence-corrected chi connectivity index (χ1v) is 6.97. The van der Waals surface area contributed by atoms with Crippen molar-refractivity contribution in [2.24, 2.45) is 7.05 Å². The molecule has 104 valence electrons. The second-order valence-corrected chi connectivity index (χ2v) is 5.44. The molecule has 2 aromatic heterocycles. The van der Waals surface area contributed by atoms with Crippen molar-refractivity contribution in [1.82, 2.24) is 19.7 Å². The number of fused-ring (bicyclic) bond motifs is 1. The Kier molecular flexibility index (Phi) is 3.34. The molecule has 0 unspecified atom stereocenters. The van der Waals surface area contributed by atoms with Crippen LogP contribution in [0.25, 0.3) is 11.0 Å². The first-order chi connectivity index (χ1) is 10.1. The van der Waals surface area contributed by atoms with E-state index < -0.39 is 0 Å². The molecule has 0 atom stereocenters. The lowest BCUT2D eigenvalue weighted by Gasteiger charge is -2.10. The van der Waals surface area contributed by atoms with E-state index in [0.717, 1.165) is 3.57 Å². The van der Waals surface area contributed by atoms with Gasteiger partial charge in [-0.3, -0.25) is 4.68 Å². The van der Waals surface area contributed by atoms with Gasteiger partial charge in [0.2, 0.25) is 5.88 Å². The average Bonchev–Trinajstić information content (AvgIpc) is 2.85. The van der Waals surface area contributed by atoms with Gasteiger partial charge >= 0.3 is 0 Å². The Labute approximate surface area is 133 Å². The molecule has 0 saturated heterocycles. The van der Waals surface area contributed by atoms with E-state index in [-0.39, 0.29) is 0 Å². The highest BCUT2D eigenvalue weighted by atomic mass is 127. The van der Waals surface area contributed by atoms with Crippen LogP contribution in [0.4, 0.5) is 5.69 Å².